The van der Waals surface area contributed by atoms with Crippen LogP contribution >= 0.6 is 11.8 Å². The first-order chi connectivity index (χ1) is 12.5. The predicted molar refractivity (Wildman–Crippen MR) is 108 cm³/mol. The lowest BCUT2D eigenvalue weighted by molar-refractivity contribution is -0.123. The molecule has 2 rings (SSSR count). The first-order valence-corrected chi connectivity index (χ1v) is 10.4. The van der Waals surface area contributed by atoms with E-state index in [1.807, 2.05) is 13.0 Å². The van der Waals surface area contributed by atoms with Crippen LogP contribution in [0, 0.1) is 5.92 Å². The van der Waals surface area contributed by atoms with E-state index in [-0.39, 0.29) is 11.5 Å². The van der Waals surface area contributed by atoms with Crippen molar-refractivity contribution in [1.29, 1.82) is 0 Å². The number of nitrogens with zero attached hydrogens (tertiary/aromatic N) is 2. The number of aromatic amines is 1. The summed E-state index contributed by atoms with van der Waals surface area (Å²) in [6.07, 6.45) is 12.6. The molecule has 0 aromatic carbocycles. The van der Waals surface area contributed by atoms with Gasteiger partial charge >= 0.3 is 0 Å². The van der Waals surface area contributed by atoms with Crippen LogP contribution in [-0.2, 0) is 11.3 Å². The van der Waals surface area contributed by atoms with Crippen molar-refractivity contribution in [3.05, 3.63) is 51.1 Å². The minimum atomic E-state index is -0.128. The molecule has 1 aromatic heterocycles. The first kappa shape index (κ1) is 20.6. The quantitative estimate of drug-likeness (QED) is 0.704. The molecule has 1 aliphatic rings. The molecule has 142 valence electrons. The number of rotatable bonds is 8. The van der Waals surface area contributed by atoms with E-state index in [1.165, 1.54) is 10.5 Å². The Morgan fingerprint density at radius 3 is 2.77 bits per heavy atom. The molecule has 0 aliphatic carbocycles. The number of Topliss-reactive ketones (excluding diaryl/α,β-unsaturated/α-hetero) is 1. The molecular weight excluding hydrogens is 346 g/mol. The fourth-order valence-electron chi connectivity index (χ4n) is 3.28. The van der Waals surface area contributed by atoms with Crippen molar-refractivity contribution in [2.45, 2.75) is 46.1 Å². The Bertz CT molecular complexity index is 716. The lowest BCUT2D eigenvalue weighted by Gasteiger charge is -2.30. The Balaban J connectivity index is 1.87. The zero-order chi connectivity index (χ0) is 18.9. The maximum Gasteiger partial charge on any atom is 0.270 e. The molecule has 0 radical (unpaired) electrons. The number of hydrogen-bond acceptors (Lipinski definition) is 5. The van der Waals surface area contributed by atoms with Crippen LogP contribution in [0.25, 0.3) is 0 Å². The minimum absolute atomic E-state index is 0.128. The predicted octanol–water partition coefficient (Wildman–Crippen LogP) is 3.54. The summed E-state index contributed by atoms with van der Waals surface area (Å²) in [5.41, 5.74) is 1.62. The standard InChI is InChI=1S/C20H29N3O2S/c1-4-5-6-19(26-3)15(2)13-18(24)16-7-11-23(12-8-16)14-17-20(25)22-10-9-21-17/h4-5,9-10,16H,6-8,11-14H2,1-3H3,(H,22,25)/b5-4-,19-15-. The summed E-state index contributed by atoms with van der Waals surface area (Å²) in [5.74, 6) is 0.484. The monoisotopic (exact) mass is 375 g/mol. The molecular formula is C20H29N3O2S. The van der Waals surface area contributed by atoms with E-state index in [2.05, 4.69) is 34.1 Å². The highest BCUT2D eigenvalue weighted by atomic mass is 32.2. The van der Waals surface area contributed by atoms with Gasteiger partial charge in [0, 0.05) is 31.3 Å². The van der Waals surface area contributed by atoms with Crippen molar-refractivity contribution in [3.8, 4) is 0 Å². The van der Waals surface area contributed by atoms with E-state index in [0.717, 1.165) is 32.4 Å². The van der Waals surface area contributed by atoms with Gasteiger partial charge in [-0.15, -0.1) is 11.8 Å². The molecule has 5 nitrogen and oxygen atoms in total. The van der Waals surface area contributed by atoms with Crippen molar-refractivity contribution < 1.29 is 4.79 Å². The zero-order valence-corrected chi connectivity index (χ0v) is 16.8. The number of hydrogen-bond donors (Lipinski definition) is 1. The number of carbonyl (C=O) groups excluding carboxylic acids is 1. The van der Waals surface area contributed by atoms with Crippen molar-refractivity contribution in [2.75, 3.05) is 19.3 Å². The van der Waals surface area contributed by atoms with Crippen LogP contribution in [-0.4, -0.2) is 40.0 Å². The van der Waals surface area contributed by atoms with Crippen molar-refractivity contribution in [3.63, 3.8) is 0 Å². The van der Waals surface area contributed by atoms with Gasteiger partial charge in [0.1, 0.15) is 11.5 Å². The van der Waals surface area contributed by atoms with Gasteiger partial charge < -0.3 is 4.98 Å². The molecule has 0 unspecified atom stereocenters. The van der Waals surface area contributed by atoms with Gasteiger partial charge in [0.05, 0.1) is 0 Å². The Labute approximate surface area is 160 Å². The molecule has 26 heavy (non-hydrogen) atoms. The fourth-order valence-corrected chi connectivity index (χ4v) is 3.96. The molecule has 0 atom stereocenters. The average Bonchev–Trinajstić information content (AvgIpc) is 2.65. The Kier molecular flexibility index (Phi) is 8.32. The van der Waals surface area contributed by atoms with Crippen LogP contribution in [0.15, 0.2) is 39.8 Å². The molecule has 1 N–H and O–H groups in total. The second-order valence-electron chi connectivity index (χ2n) is 6.74. The number of H-pyrrole nitrogens is 1. The van der Waals surface area contributed by atoms with Crippen LogP contribution < -0.4 is 5.56 Å². The summed E-state index contributed by atoms with van der Waals surface area (Å²) in [6, 6.07) is 0. The topological polar surface area (TPSA) is 66.1 Å². The Morgan fingerprint density at radius 1 is 1.42 bits per heavy atom. The first-order valence-electron chi connectivity index (χ1n) is 9.16. The third-order valence-corrected chi connectivity index (χ3v) is 5.91. The summed E-state index contributed by atoms with van der Waals surface area (Å²) in [7, 11) is 0. The summed E-state index contributed by atoms with van der Waals surface area (Å²) < 4.78 is 0. The van der Waals surface area contributed by atoms with E-state index in [9.17, 15) is 9.59 Å². The highest BCUT2D eigenvalue weighted by Gasteiger charge is 2.25. The molecule has 2 heterocycles. The number of aromatic nitrogens is 2. The summed E-state index contributed by atoms with van der Waals surface area (Å²) in [5, 5.41) is 0. The summed E-state index contributed by atoms with van der Waals surface area (Å²) in [4.78, 5) is 34.7. The van der Waals surface area contributed by atoms with E-state index in [4.69, 9.17) is 0 Å². The van der Waals surface area contributed by atoms with Crippen molar-refractivity contribution in [1.82, 2.24) is 14.9 Å². The fraction of sp³-hybridized carbons (Fsp3) is 0.550. The molecule has 1 fully saturated rings. The van der Waals surface area contributed by atoms with Gasteiger partial charge in [0.2, 0.25) is 0 Å². The second kappa shape index (κ2) is 10.5. The Morgan fingerprint density at radius 2 is 2.15 bits per heavy atom. The second-order valence-corrected chi connectivity index (χ2v) is 7.64. The number of carbonyl (C=O) groups is 1. The summed E-state index contributed by atoms with van der Waals surface area (Å²) in [6.45, 7) is 6.32. The van der Waals surface area contributed by atoms with Crippen molar-refractivity contribution >= 4 is 17.5 Å². The molecule has 1 aliphatic heterocycles. The highest BCUT2D eigenvalue weighted by molar-refractivity contribution is 8.02. The molecule has 0 saturated carbocycles. The van der Waals surface area contributed by atoms with Gasteiger partial charge in [0.15, 0.2) is 0 Å². The summed E-state index contributed by atoms with van der Waals surface area (Å²) >= 11 is 1.74. The lowest BCUT2D eigenvalue weighted by atomic mass is 9.89. The zero-order valence-electron chi connectivity index (χ0n) is 16.0. The van der Waals surface area contributed by atoms with E-state index >= 15 is 0 Å². The lowest BCUT2D eigenvalue weighted by Crippen LogP contribution is -2.37. The maximum absolute atomic E-state index is 12.7. The molecule has 0 amide bonds. The van der Waals surface area contributed by atoms with E-state index in [0.29, 0.717) is 24.4 Å². The molecule has 6 heteroatoms. The third kappa shape index (κ3) is 5.95. The van der Waals surface area contributed by atoms with Crippen LogP contribution in [0.2, 0.25) is 0 Å². The van der Waals surface area contributed by atoms with Gasteiger partial charge in [-0.25, -0.2) is 0 Å². The normalized spacial score (nSPS) is 17.5. The van der Waals surface area contributed by atoms with Crippen LogP contribution in [0.5, 0.6) is 0 Å². The van der Waals surface area contributed by atoms with Gasteiger partial charge in [-0.2, -0.15) is 0 Å². The van der Waals surface area contributed by atoms with Crippen molar-refractivity contribution in [2.24, 2.45) is 5.92 Å². The number of nitrogens with one attached hydrogen (secondary N) is 1. The smallest absolute Gasteiger partial charge is 0.270 e. The molecule has 1 aromatic rings. The van der Waals surface area contributed by atoms with Crippen LogP contribution in [0.4, 0.5) is 0 Å². The minimum Gasteiger partial charge on any atom is -0.326 e. The van der Waals surface area contributed by atoms with Gasteiger partial charge in [-0.1, -0.05) is 17.7 Å². The van der Waals surface area contributed by atoms with Gasteiger partial charge in [0.25, 0.3) is 5.56 Å². The largest absolute Gasteiger partial charge is 0.326 e. The van der Waals surface area contributed by atoms with Gasteiger partial charge in [-0.3, -0.25) is 19.5 Å². The average molecular weight is 376 g/mol. The molecule has 1 saturated heterocycles. The van der Waals surface area contributed by atoms with E-state index in [1.54, 1.807) is 24.2 Å². The maximum atomic E-state index is 12.7. The molecule has 0 spiro atoms. The SMILES string of the molecule is C/C=C\C/C(SC)=C(\C)CC(=O)C1CCN(Cc2ncc[nH]c2=O)CC1. The number of piperidine rings is 1. The molecule has 0 bridgehead atoms. The Hall–Kier alpha value is -1.66. The number of thioether (sulfide) groups is 1. The number of ketones is 1. The van der Waals surface area contributed by atoms with Crippen LogP contribution in [0.1, 0.15) is 45.2 Å². The van der Waals surface area contributed by atoms with E-state index < -0.39 is 0 Å². The number of likely N-dealkylation sites (tertiary alicyclic amines) is 1. The highest BCUT2D eigenvalue weighted by Crippen LogP contribution is 2.27. The third-order valence-electron chi connectivity index (χ3n) is 4.90. The number of allylic oxidation sites excluding steroid dienone is 4. The van der Waals surface area contributed by atoms with Gasteiger partial charge in [-0.05, 0) is 57.4 Å². The van der Waals surface area contributed by atoms with Crippen LogP contribution in [0.3, 0.4) is 0 Å².